The zero-order chi connectivity index (χ0) is 19.3. The molecule has 0 fully saturated rings. The lowest BCUT2D eigenvalue weighted by molar-refractivity contribution is -0.106. The molecule has 2 atom stereocenters. The Kier molecular flexibility index (Phi) is 21.1. The van der Waals surface area contributed by atoms with E-state index in [0.29, 0.717) is 19.1 Å². The molecule has 0 aliphatic rings. The highest BCUT2D eigenvalue weighted by Gasteiger charge is 2.09. The van der Waals surface area contributed by atoms with Crippen molar-refractivity contribution in [1.82, 2.24) is 5.32 Å². The lowest BCUT2D eigenvalue weighted by Crippen LogP contribution is -2.34. The molecule has 0 aliphatic carbocycles. The summed E-state index contributed by atoms with van der Waals surface area (Å²) in [6, 6.07) is 0.388. The monoisotopic (exact) mass is 371 g/mol. The Morgan fingerprint density at radius 2 is 1.15 bits per heavy atom. The van der Waals surface area contributed by atoms with Gasteiger partial charge < -0.3 is 15.2 Å². The molecule has 3 nitrogen and oxygen atoms in total. The summed E-state index contributed by atoms with van der Waals surface area (Å²) in [6.07, 6.45) is 20.9. The Hall–Kier alpha value is -0.120. The molecular formula is C23H49NO2. The number of hydrogen-bond donors (Lipinski definition) is 2. The average Bonchev–Trinajstić information content (AvgIpc) is 2.65. The standard InChI is InChI=1S/C23H49NO2/c1-4-7-8-9-10-11-12-13-14-15-16-17-18-19-20-22(24-6-3)21-26-23(25)5-2/h22-25H,4-21H2,1-3H3. The Labute approximate surface area is 164 Å². The molecule has 0 spiro atoms. The summed E-state index contributed by atoms with van der Waals surface area (Å²) in [5, 5.41) is 13.0. The van der Waals surface area contributed by atoms with E-state index in [-0.39, 0.29) is 0 Å². The Balaban J connectivity index is 3.34. The van der Waals surface area contributed by atoms with Crippen LogP contribution in [-0.2, 0) is 4.74 Å². The highest BCUT2D eigenvalue weighted by atomic mass is 16.6. The SMILES string of the molecule is CCCCCCCCCCCCCCCCC(COC(O)CC)NCC. The number of rotatable bonds is 21. The number of aliphatic hydroxyl groups excluding tert-OH is 1. The maximum Gasteiger partial charge on any atom is 0.154 e. The van der Waals surface area contributed by atoms with Crippen LogP contribution < -0.4 is 5.32 Å². The first-order valence-electron chi connectivity index (χ1n) is 11.8. The molecule has 26 heavy (non-hydrogen) atoms. The molecule has 0 saturated heterocycles. The molecule has 0 aromatic rings. The first kappa shape index (κ1) is 25.9. The van der Waals surface area contributed by atoms with Gasteiger partial charge in [-0.05, 0) is 19.4 Å². The van der Waals surface area contributed by atoms with Crippen molar-refractivity contribution in [3.8, 4) is 0 Å². The summed E-state index contributed by atoms with van der Waals surface area (Å²) in [4.78, 5) is 0. The topological polar surface area (TPSA) is 41.5 Å². The van der Waals surface area contributed by atoms with Gasteiger partial charge in [-0.1, -0.05) is 111 Å². The van der Waals surface area contributed by atoms with Crippen molar-refractivity contribution >= 4 is 0 Å². The molecule has 2 N–H and O–H groups in total. The molecule has 0 bridgehead atoms. The molecule has 0 aliphatic heterocycles. The molecule has 0 saturated carbocycles. The number of nitrogens with one attached hydrogen (secondary N) is 1. The maximum atomic E-state index is 9.52. The van der Waals surface area contributed by atoms with E-state index in [1.807, 2.05) is 6.92 Å². The minimum absolute atomic E-state index is 0.388. The highest BCUT2D eigenvalue weighted by Crippen LogP contribution is 2.14. The molecule has 0 radical (unpaired) electrons. The normalized spacial score (nSPS) is 13.8. The third kappa shape index (κ3) is 18.7. The van der Waals surface area contributed by atoms with Gasteiger partial charge in [0.1, 0.15) is 0 Å². The van der Waals surface area contributed by atoms with Crippen LogP contribution in [0, 0.1) is 0 Å². The summed E-state index contributed by atoms with van der Waals surface area (Å²) in [5.41, 5.74) is 0. The number of aliphatic hydroxyl groups is 1. The lowest BCUT2D eigenvalue weighted by atomic mass is 10.0. The molecule has 0 aromatic carbocycles. The van der Waals surface area contributed by atoms with Gasteiger partial charge in [-0.2, -0.15) is 0 Å². The van der Waals surface area contributed by atoms with Crippen LogP contribution in [0.1, 0.15) is 124 Å². The second-order valence-corrected chi connectivity index (χ2v) is 7.84. The Morgan fingerprint density at radius 1 is 0.692 bits per heavy atom. The van der Waals surface area contributed by atoms with Crippen molar-refractivity contribution < 1.29 is 9.84 Å². The fraction of sp³-hybridized carbons (Fsp3) is 1.00. The molecule has 0 amide bonds. The van der Waals surface area contributed by atoms with Crippen LogP contribution in [0.4, 0.5) is 0 Å². The minimum atomic E-state index is -0.604. The zero-order valence-corrected chi connectivity index (χ0v) is 18.2. The lowest BCUT2D eigenvalue weighted by Gasteiger charge is -2.19. The first-order valence-corrected chi connectivity index (χ1v) is 11.8. The van der Waals surface area contributed by atoms with Gasteiger partial charge in [-0.3, -0.25) is 0 Å². The predicted molar refractivity (Wildman–Crippen MR) is 115 cm³/mol. The van der Waals surface area contributed by atoms with Crippen LogP contribution in [0.3, 0.4) is 0 Å². The van der Waals surface area contributed by atoms with Gasteiger partial charge in [0.15, 0.2) is 6.29 Å². The maximum absolute atomic E-state index is 9.52. The largest absolute Gasteiger partial charge is 0.368 e. The molecular weight excluding hydrogens is 322 g/mol. The predicted octanol–water partition coefficient (Wildman–Crippen LogP) is 6.58. The summed E-state index contributed by atoms with van der Waals surface area (Å²) < 4.78 is 5.47. The average molecular weight is 372 g/mol. The Bertz CT molecular complexity index is 261. The van der Waals surface area contributed by atoms with Crippen LogP contribution in [0.25, 0.3) is 0 Å². The van der Waals surface area contributed by atoms with Crippen molar-refractivity contribution in [2.45, 2.75) is 136 Å². The summed E-state index contributed by atoms with van der Waals surface area (Å²) >= 11 is 0. The van der Waals surface area contributed by atoms with E-state index >= 15 is 0 Å². The number of hydrogen-bond acceptors (Lipinski definition) is 3. The van der Waals surface area contributed by atoms with Crippen LogP contribution in [0.15, 0.2) is 0 Å². The van der Waals surface area contributed by atoms with Crippen LogP contribution in [-0.4, -0.2) is 30.6 Å². The second kappa shape index (κ2) is 21.2. The van der Waals surface area contributed by atoms with Crippen molar-refractivity contribution in [1.29, 1.82) is 0 Å². The van der Waals surface area contributed by atoms with Crippen molar-refractivity contribution in [2.24, 2.45) is 0 Å². The number of ether oxygens (including phenoxy) is 1. The highest BCUT2D eigenvalue weighted by molar-refractivity contribution is 4.65. The minimum Gasteiger partial charge on any atom is -0.368 e. The summed E-state index contributed by atoms with van der Waals surface area (Å²) in [5.74, 6) is 0. The molecule has 0 aromatic heterocycles. The van der Waals surface area contributed by atoms with E-state index < -0.39 is 6.29 Å². The molecule has 158 valence electrons. The van der Waals surface area contributed by atoms with Gasteiger partial charge >= 0.3 is 0 Å². The third-order valence-electron chi connectivity index (χ3n) is 5.24. The summed E-state index contributed by atoms with van der Waals surface area (Å²) in [7, 11) is 0. The van der Waals surface area contributed by atoms with E-state index in [1.54, 1.807) is 0 Å². The Morgan fingerprint density at radius 3 is 1.58 bits per heavy atom. The molecule has 0 rings (SSSR count). The molecule has 0 heterocycles. The third-order valence-corrected chi connectivity index (χ3v) is 5.24. The quantitative estimate of drug-likeness (QED) is 0.177. The van der Waals surface area contributed by atoms with Gasteiger partial charge in [0.2, 0.25) is 0 Å². The fourth-order valence-corrected chi connectivity index (χ4v) is 3.46. The number of unbranched alkanes of at least 4 members (excludes halogenated alkanes) is 13. The van der Waals surface area contributed by atoms with E-state index in [9.17, 15) is 5.11 Å². The smallest absolute Gasteiger partial charge is 0.154 e. The first-order chi connectivity index (χ1) is 12.7. The van der Waals surface area contributed by atoms with Crippen molar-refractivity contribution in [3.05, 3.63) is 0 Å². The second-order valence-electron chi connectivity index (χ2n) is 7.84. The van der Waals surface area contributed by atoms with Crippen molar-refractivity contribution in [3.63, 3.8) is 0 Å². The molecule has 2 unspecified atom stereocenters. The van der Waals surface area contributed by atoms with Crippen LogP contribution >= 0.6 is 0 Å². The van der Waals surface area contributed by atoms with Gasteiger partial charge in [0, 0.05) is 6.04 Å². The summed E-state index contributed by atoms with van der Waals surface area (Å²) in [6.45, 7) is 7.96. The van der Waals surface area contributed by atoms with Crippen molar-refractivity contribution in [2.75, 3.05) is 13.2 Å². The van der Waals surface area contributed by atoms with Gasteiger partial charge in [-0.15, -0.1) is 0 Å². The number of likely N-dealkylation sites (N-methyl/N-ethyl adjacent to an activating group) is 1. The van der Waals surface area contributed by atoms with E-state index in [1.165, 1.54) is 89.9 Å². The van der Waals surface area contributed by atoms with E-state index in [4.69, 9.17) is 4.74 Å². The zero-order valence-electron chi connectivity index (χ0n) is 18.2. The fourth-order valence-electron chi connectivity index (χ4n) is 3.46. The van der Waals surface area contributed by atoms with E-state index in [2.05, 4.69) is 19.2 Å². The van der Waals surface area contributed by atoms with Crippen LogP contribution in [0.2, 0.25) is 0 Å². The van der Waals surface area contributed by atoms with Gasteiger partial charge in [0.25, 0.3) is 0 Å². The van der Waals surface area contributed by atoms with Gasteiger partial charge in [-0.25, -0.2) is 0 Å². The van der Waals surface area contributed by atoms with Gasteiger partial charge in [0.05, 0.1) is 6.61 Å². The molecule has 3 heteroatoms. The van der Waals surface area contributed by atoms with Crippen LogP contribution in [0.5, 0.6) is 0 Å². The van der Waals surface area contributed by atoms with E-state index in [0.717, 1.165) is 13.0 Å².